The van der Waals surface area contributed by atoms with E-state index in [9.17, 15) is 0 Å². The van der Waals surface area contributed by atoms with Crippen LogP contribution in [0.5, 0.6) is 0 Å². The van der Waals surface area contributed by atoms with Crippen LogP contribution in [0.1, 0.15) is 32.8 Å². The number of rotatable bonds is 7. The molecule has 2 N–H and O–H groups in total. The summed E-state index contributed by atoms with van der Waals surface area (Å²) in [7, 11) is 4.12. The molecule has 0 bridgehead atoms. The summed E-state index contributed by atoms with van der Waals surface area (Å²) in [5.41, 5.74) is 5.05. The molecule has 0 aromatic heterocycles. The van der Waals surface area contributed by atoms with Crippen LogP contribution in [0.4, 0.5) is 5.69 Å². The minimum Gasteiger partial charge on any atom is -0.378 e. The van der Waals surface area contributed by atoms with Crippen molar-refractivity contribution in [3.05, 3.63) is 59.3 Å². The molecule has 1 aromatic carbocycles. The monoisotopic (exact) mass is 285 g/mol. The number of quaternary nitrogens is 1. The normalized spacial score (nSPS) is 13.0. The zero-order chi connectivity index (χ0) is 15.7. The first-order chi connectivity index (χ1) is 10.1. The lowest BCUT2D eigenvalue weighted by atomic mass is 10.1. The largest absolute Gasteiger partial charge is 0.378 e. The van der Waals surface area contributed by atoms with Gasteiger partial charge < -0.3 is 10.2 Å². The maximum absolute atomic E-state index is 2.26. The van der Waals surface area contributed by atoms with Gasteiger partial charge in [0.25, 0.3) is 0 Å². The van der Waals surface area contributed by atoms with Gasteiger partial charge in [-0.25, -0.2) is 0 Å². The number of benzene rings is 1. The first-order valence-corrected chi connectivity index (χ1v) is 7.74. The molecule has 0 amide bonds. The minimum atomic E-state index is 1.05. The van der Waals surface area contributed by atoms with Crippen molar-refractivity contribution in [3.63, 3.8) is 0 Å². The third-order valence-corrected chi connectivity index (χ3v) is 3.24. The second kappa shape index (κ2) is 9.19. The lowest BCUT2D eigenvalue weighted by Gasteiger charge is -2.11. The molecule has 0 atom stereocenters. The molecule has 2 heteroatoms. The quantitative estimate of drug-likeness (QED) is 0.759. The van der Waals surface area contributed by atoms with Crippen LogP contribution >= 0.6 is 0 Å². The Balaban J connectivity index is 2.83. The number of nitrogens with two attached hydrogens (primary N) is 1. The minimum absolute atomic E-state index is 1.05. The fourth-order valence-electron chi connectivity index (χ4n) is 2.13. The van der Waals surface area contributed by atoms with E-state index in [1.807, 2.05) is 0 Å². The van der Waals surface area contributed by atoms with Gasteiger partial charge in [0.05, 0.1) is 6.54 Å². The summed E-state index contributed by atoms with van der Waals surface area (Å²) in [6.07, 6.45) is 9.93. The molecule has 21 heavy (non-hydrogen) atoms. The highest BCUT2D eigenvalue weighted by Gasteiger charge is 1.96. The maximum Gasteiger partial charge on any atom is 0.103 e. The van der Waals surface area contributed by atoms with Crippen molar-refractivity contribution < 1.29 is 5.32 Å². The Kier molecular flexibility index (Phi) is 7.55. The molecule has 1 aromatic rings. The Hall–Kier alpha value is -1.80. The average molecular weight is 285 g/mol. The van der Waals surface area contributed by atoms with Crippen LogP contribution in [0.2, 0.25) is 0 Å². The predicted molar refractivity (Wildman–Crippen MR) is 94.4 cm³/mol. The van der Waals surface area contributed by atoms with E-state index in [4.69, 9.17) is 0 Å². The van der Waals surface area contributed by atoms with Crippen molar-refractivity contribution in [1.29, 1.82) is 0 Å². The molecule has 0 aliphatic carbocycles. The Morgan fingerprint density at radius 3 is 2.33 bits per heavy atom. The summed E-state index contributed by atoms with van der Waals surface area (Å²) in [4.78, 5) is 2.11. The fourth-order valence-corrected chi connectivity index (χ4v) is 2.13. The first-order valence-electron chi connectivity index (χ1n) is 7.74. The molecule has 0 saturated heterocycles. The van der Waals surface area contributed by atoms with E-state index < -0.39 is 0 Å². The number of anilines is 1. The van der Waals surface area contributed by atoms with Crippen LogP contribution in [0, 0.1) is 0 Å². The Labute approximate surface area is 129 Å². The molecule has 114 valence electrons. The van der Waals surface area contributed by atoms with Crippen LogP contribution in [0.3, 0.4) is 0 Å². The lowest BCUT2D eigenvalue weighted by molar-refractivity contribution is -0.602. The zero-order valence-corrected chi connectivity index (χ0v) is 14.1. The second-order valence-electron chi connectivity index (χ2n) is 5.43. The van der Waals surface area contributed by atoms with Crippen molar-refractivity contribution in [2.45, 2.75) is 27.2 Å². The van der Waals surface area contributed by atoms with Crippen molar-refractivity contribution >= 4 is 11.8 Å². The van der Waals surface area contributed by atoms with Crippen molar-refractivity contribution in [2.24, 2.45) is 0 Å². The molecule has 0 heterocycles. The third-order valence-electron chi connectivity index (χ3n) is 3.24. The number of allylic oxidation sites excluding steroid dienone is 5. The van der Waals surface area contributed by atoms with Gasteiger partial charge in [0.2, 0.25) is 0 Å². The van der Waals surface area contributed by atoms with Crippen LogP contribution < -0.4 is 10.2 Å². The third kappa shape index (κ3) is 6.46. The molecule has 0 fully saturated rings. The van der Waals surface area contributed by atoms with E-state index in [2.05, 4.69) is 93.7 Å². The van der Waals surface area contributed by atoms with E-state index in [0.29, 0.717) is 0 Å². The zero-order valence-electron chi connectivity index (χ0n) is 14.1. The van der Waals surface area contributed by atoms with Crippen LogP contribution in [0.15, 0.2) is 53.8 Å². The molecule has 1 rings (SSSR count). The van der Waals surface area contributed by atoms with E-state index in [1.54, 1.807) is 0 Å². The molecular weight excluding hydrogens is 256 g/mol. The van der Waals surface area contributed by atoms with E-state index in [-0.39, 0.29) is 0 Å². The lowest BCUT2D eigenvalue weighted by Crippen LogP contribution is -2.80. The van der Waals surface area contributed by atoms with E-state index in [0.717, 1.165) is 13.0 Å². The van der Waals surface area contributed by atoms with Crippen LogP contribution in [0.25, 0.3) is 6.08 Å². The second-order valence-corrected chi connectivity index (χ2v) is 5.43. The highest BCUT2D eigenvalue weighted by molar-refractivity contribution is 5.58. The molecule has 0 aliphatic heterocycles. The summed E-state index contributed by atoms with van der Waals surface area (Å²) in [5.74, 6) is 0. The molecule has 0 aliphatic rings. The van der Waals surface area contributed by atoms with Crippen molar-refractivity contribution in [2.75, 3.05) is 25.5 Å². The Morgan fingerprint density at radius 1 is 1.14 bits per heavy atom. The summed E-state index contributed by atoms with van der Waals surface area (Å²) >= 11 is 0. The van der Waals surface area contributed by atoms with Gasteiger partial charge in [-0.15, -0.1) is 0 Å². The summed E-state index contributed by atoms with van der Waals surface area (Å²) in [5, 5.41) is 2.25. The Morgan fingerprint density at radius 2 is 1.81 bits per heavy atom. The topological polar surface area (TPSA) is 19.9 Å². The number of hydrogen-bond acceptors (Lipinski definition) is 1. The Bertz CT molecular complexity index is 505. The van der Waals surface area contributed by atoms with E-state index in [1.165, 1.54) is 22.5 Å². The highest BCUT2D eigenvalue weighted by Crippen LogP contribution is 2.14. The molecule has 0 saturated carbocycles. The molecular formula is C19H29N2+. The van der Waals surface area contributed by atoms with Gasteiger partial charge in [-0.2, -0.15) is 0 Å². The average Bonchev–Trinajstić information content (AvgIpc) is 2.45. The maximum atomic E-state index is 2.26. The van der Waals surface area contributed by atoms with Gasteiger partial charge >= 0.3 is 0 Å². The molecule has 0 unspecified atom stereocenters. The smallest absolute Gasteiger partial charge is 0.103 e. The summed E-state index contributed by atoms with van der Waals surface area (Å²) < 4.78 is 0. The highest BCUT2D eigenvalue weighted by atomic mass is 15.1. The number of hydrogen-bond donors (Lipinski definition) is 1. The van der Waals surface area contributed by atoms with Crippen LogP contribution in [-0.4, -0.2) is 20.6 Å². The standard InChI is InChI=1S/C19H28N2/c1-6-8-18(15-16(3)20-7-2)10-9-17-11-13-19(14-12-17)21(4)5/h8-15,20H,6-7H2,1-5H3/p+1/b10-9+,16-15-,18-8-. The van der Waals surface area contributed by atoms with E-state index >= 15 is 0 Å². The van der Waals surface area contributed by atoms with Gasteiger partial charge in [0.1, 0.15) is 5.70 Å². The van der Waals surface area contributed by atoms with Gasteiger partial charge in [-0.3, -0.25) is 0 Å². The van der Waals surface area contributed by atoms with Gasteiger partial charge in [-0.05, 0) is 36.6 Å². The molecule has 0 radical (unpaired) electrons. The van der Waals surface area contributed by atoms with Gasteiger partial charge in [-0.1, -0.05) is 37.3 Å². The number of nitrogens with zero attached hydrogens (tertiary/aromatic N) is 1. The van der Waals surface area contributed by atoms with Crippen LogP contribution in [-0.2, 0) is 0 Å². The van der Waals surface area contributed by atoms with Crippen molar-refractivity contribution in [3.8, 4) is 0 Å². The summed E-state index contributed by atoms with van der Waals surface area (Å²) in [6.45, 7) is 7.58. The summed E-state index contributed by atoms with van der Waals surface area (Å²) in [6, 6.07) is 8.61. The molecule has 2 nitrogen and oxygen atoms in total. The van der Waals surface area contributed by atoms with Gasteiger partial charge in [0.15, 0.2) is 0 Å². The SMILES string of the molecule is CC/C=C(\C=C(\C)[NH2+]CC)/C=C/c1ccc(N(C)C)cc1. The van der Waals surface area contributed by atoms with Gasteiger partial charge in [0, 0.05) is 32.8 Å². The van der Waals surface area contributed by atoms with Crippen molar-refractivity contribution in [1.82, 2.24) is 0 Å². The predicted octanol–water partition coefficient (Wildman–Crippen LogP) is 3.59. The molecule has 0 spiro atoms. The first kappa shape index (κ1) is 17.3. The fraction of sp³-hybridized carbons (Fsp3) is 0.368.